The molecule has 7 heteroatoms. The number of carbonyl (C=O) groups excluding carboxylic acids is 1. The first-order valence-electron chi connectivity index (χ1n) is 5.78. The van der Waals surface area contributed by atoms with E-state index in [-0.39, 0.29) is 10.1 Å². The van der Waals surface area contributed by atoms with Gasteiger partial charge < -0.3 is 5.32 Å². The molecule has 0 saturated carbocycles. The molecule has 0 aliphatic carbocycles. The molecule has 0 atom stereocenters. The largest absolute Gasteiger partial charge is 0.351 e. The van der Waals surface area contributed by atoms with Gasteiger partial charge in [-0.2, -0.15) is 0 Å². The maximum atomic E-state index is 11.5. The standard InChI is InChI=1S/C11H18N2O3S2/c1-3-4-5-10(14)13-8-9-6-7-11(17-9)18(15,16)12-2/h6-7,12H,3-5,8H2,1-2H3,(H,13,14). The van der Waals surface area contributed by atoms with Crippen LogP contribution in [-0.2, 0) is 21.4 Å². The van der Waals surface area contributed by atoms with Crippen LogP contribution in [0, 0.1) is 0 Å². The van der Waals surface area contributed by atoms with Crippen LogP contribution in [0.2, 0.25) is 0 Å². The number of hydrogen-bond donors (Lipinski definition) is 2. The van der Waals surface area contributed by atoms with Crippen molar-refractivity contribution in [2.45, 2.75) is 36.9 Å². The second kappa shape index (κ2) is 6.86. The predicted octanol–water partition coefficient (Wildman–Crippen LogP) is 1.46. The van der Waals surface area contributed by atoms with E-state index in [1.165, 1.54) is 18.4 Å². The van der Waals surface area contributed by atoms with Gasteiger partial charge in [0.15, 0.2) is 0 Å². The van der Waals surface area contributed by atoms with Gasteiger partial charge in [0.1, 0.15) is 4.21 Å². The molecule has 0 saturated heterocycles. The summed E-state index contributed by atoms with van der Waals surface area (Å²) in [6.45, 7) is 2.41. The van der Waals surface area contributed by atoms with Gasteiger partial charge in [0.2, 0.25) is 15.9 Å². The number of nitrogens with one attached hydrogen (secondary N) is 2. The average Bonchev–Trinajstić information content (AvgIpc) is 2.83. The molecule has 1 aromatic heterocycles. The van der Waals surface area contributed by atoms with Crippen molar-refractivity contribution in [3.63, 3.8) is 0 Å². The summed E-state index contributed by atoms with van der Waals surface area (Å²) in [5.74, 6) is 0.00303. The summed E-state index contributed by atoms with van der Waals surface area (Å²) in [7, 11) is -2.00. The van der Waals surface area contributed by atoms with Crippen molar-refractivity contribution >= 4 is 27.3 Å². The van der Waals surface area contributed by atoms with Crippen LogP contribution in [0.3, 0.4) is 0 Å². The van der Waals surface area contributed by atoms with Gasteiger partial charge in [0.25, 0.3) is 0 Å². The Morgan fingerprint density at radius 2 is 2.11 bits per heavy atom. The fourth-order valence-electron chi connectivity index (χ4n) is 1.31. The Morgan fingerprint density at radius 3 is 2.72 bits per heavy atom. The van der Waals surface area contributed by atoms with Crippen molar-refractivity contribution in [1.82, 2.24) is 10.0 Å². The number of sulfonamides is 1. The molecule has 1 rings (SSSR count). The Morgan fingerprint density at radius 1 is 1.39 bits per heavy atom. The molecular weight excluding hydrogens is 272 g/mol. The minimum Gasteiger partial charge on any atom is -0.351 e. The smallest absolute Gasteiger partial charge is 0.249 e. The van der Waals surface area contributed by atoms with E-state index in [2.05, 4.69) is 10.0 Å². The lowest BCUT2D eigenvalue weighted by Gasteiger charge is -2.02. The quantitative estimate of drug-likeness (QED) is 0.798. The highest BCUT2D eigenvalue weighted by atomic mass is 32.2. The van der Waals surface area contributed by atoms with Gasteiger partial charge >= 0.3 is 0 Å². The number of unbranched alkanes of at least 4 members (excludes halogenated alkanes) is 1. The highest BCUT2D eigenvalue weighted by Crippen LogP contribution is 2.20. The van der Waals surface area contributed by atoms with E-state index in [0.29, 0.717) is 13.0 Å². The molecule has 0 aliphatic rings. The van der Waals surface area contributed by atoms with E-state index in [1.807, 2.05) is 6.92 Å². The van der Waals surface area contributed by atoms with Crippen molar-refractivity contribution in [3.8, 4) is 0 Å². The normalized spacial score (nSPS) is 11.4. The maximum Gasteiger partial charge on any atom is 0.249 e. The molecule has 1 aromatic rings. The van der Waals surface area contributed by atoms with Crippen LogP contribution in [-0.4, -0.2) is 21.4 Å². The zero-order chi connectivity index (χ0) is 13.6. The Balaban J connectivity index is 2.53. The van der Waals surface area contributed by atoms with Gasteiger partial charge in [-0.25, -0.2) is 13.1 Å². The van der Waals surface area contributed by atoms with Gasteiger partial charge in [-0.05, 0) is 25.6 Å². The number of hydrogen-bond acceptors (Lipinski definition) is 4. The van der Waals surface area contributed by atoms with Crippen LogP contribution in [0.25, 0.3) is 0 Å². The van der Waals surface area contributed by atoms with E-state index < -0.39 is 10.0 Å². The molecule has 5 nitrogen and oxygen atoms in total. The van der Waals surface area contributed by atoms with Gasteiger partial charge in [0.05, 0.1) is 6.54 Å². The van der Waals surface area contributed by atoms with Crippen molar-refractivity contribution in [2.24, 2.45) is 0 Å². The zero-order valence-electron chi connectivity index (χ0n) is 10.5. The molecule has 18 heavy (non-hydrogen) atoms. The molecule has 0 unspecified atom stereocenters. The van der Waals surface area contributed by atoms with E-state index in [1.54, 1.807) is 12.1 Å². The van der Waals surface area contributed by atoms with Gasteiger partial charge in [0, 0.05) is 11.3 Å². The molecule has 0 aromatic carbocycles. The summed E-state index contributed by atoms with van der Waals surface area (Å²) in [6, 6.07) is 3.26. The highest BCUT2D eigenvalue weighted by Gasteiger charge is 2.14. The van der Waals surface area contributed by atoms with Crippen LogP contribution in [0.5, 0.6) is 0 Å². The van der Waals surface area contributed by atoms with E-state index in [0.717, 1.165) is 17.7 Å². The maximum absolute atomic E-state index is 11.5. The summed E-state index contributed by atoms with van der Waals surface area (Å²) >= 11 is 1.17. The van der Waals surface area contributed by atoms with Crippen LogP contribution < -0.4 is 10.0 Å². The summed E-state index contributed by atoms with van der Waals surface area (Å²) in [5.41, 5.74) is 0. The Bertz CT molecular complexity index is 494. The number of thiophene rings is 1. The van der Waals surface area contributed by atoms with E-state index in [4.69, 9.17) is 0 Å². The Hall–Kier alpha value is -0.920. The van der Waals surface area contributed by atoms with Crippen LogP contribution in [0.4, 0.5) is 0 Å². The van der Waals surface area contributed by atoms with E-state index >= 15 is 0 Å². The zero-order valence-corrected chi connectivity index (χ0v) is 12.2. The third-order valence-electron chi connectivity index (χ3n) is 2.39. The summed E-state index contributed by atoms with van der Waals surface area (Å²) in [6.07, 6.45) is 2.37. The minimum atomic E-state index is -3.37. The molecule has 0 aliphatic heterocycles. The van der Waals surface area contributed by atoms with E-state index in [9.17, 15) is 13.2 Å². The van der Waals surface area contributed by atoms with Crippen LogP contribution in [0.15, 0.2) is 16.3 Å². The first-order chi connectivity index (χ1) is 8.49. The number of rotatable bonds is 7. The fraction of sp³-hybridized carbons (Fsp3) is 0.545. The summed E-state index contributed by atoms with van der Waals surface area (Å²) in [4.78, 5) is 12.2. The second-order valence-corrected chi connectivity index (χ2v) is 7.09. The molecular formula is C11H18N2O3S2. The fourth-order valence-corrected chi connectivity index (χ4v) is 3.44. The molecule has 0 spiro atoms. The first-order valence-corrected chi connectivity index (χ1v) is 8.08. The van der Waals surface area contributed by atoms with Gasteiger partial charge in [-0.15, -0.1) is 11.3 Å². The number of carbonyl (C=O) groups is 1. The van der Waals surface area contributed by atoms with Gasteiger partial charge in [-0.1, -0.05) is 13.3 Å². The third-order valence-corrected chi connectivity index (χ3v) is 5.38. The Labute approximate surface area is 112 Å². The third kappa shape index (κ3) is 4.40. The summed E-state index contributed by atoms with van der Waals surface area (Å²) < 4.78 is 25.5. The highest BCUT2D eigenvalue weighted by molar-refractivity contribution is 7.91. The molecule has 0 bridgehead atoms. The van der Waals surface area contributed by atoms with Crippen molar-refractivity contribution < 1.29 is 13.2 Å². The van der Waals surface area contributed by atoms with Crippen LogP contribution >= 0.6 is 11.3 Å². The number of amides is 1. The molecule has 1 amide bonds. The monoisotopic (exact) mass is 290 g/mol. The lowest BCUT2D eigenvalue weighted by atomic mass is 10.2. The second-order valence-electron chi connectivity index (χ2n) is 3.81. The SMILES string of the molecule is CCCCC(=O)NCc1ccc(S(=O)(=O)NC)s1. The predicted molar refractivity (Wildman–Crippen MR) is 71.9 cm³/mol. The van der Waals surface area contributed by atoms with Crippen molar-refractivity contribution in [3.05, 3.63) is 17.0 Å². The van der Waals surface area contributed by atoms with Crippen LogP contribution in [0.1, 0.15) is 31.1 Å². The molecule has 0 fully saturated rings. The average molecular weight is 290 g/mol. The first kappa shape index (κ1) is 15.1. The Kier molecular flexibility index (Phi) is 5.77. The topological polar surface area (TPSA) is 75.3 Å². The van der Waals surface area contributed by atoms with Gasteiger partial charge in [-0.3, -0.25) is 4.79 Å². The summed E-state index contributed by atoms with van der Waals surface area (Å²) in [5, 5.41) is 2.77. The van der Waals surface area contributed by atoms with Crippen molar-refractivity contribution in [1.29, 1.82) is 0 Å². The minimum absolute atomic E-state index is 0.00303. The molecule has 0 radical (unpaired) electrons. The van der Waals surface area contributed by atoms with Crippen molar-refractivity contribution in [2.75, 3.05) is 7.05 Å². The lowest BCUT2D eigenvalue weighted by molar-refractivity contribution is -0.121. The molecule has 102 valence electrons. The molecule has 2 N–H and O–H groups in total. The lowest BCUT2D eigenvalue weighted by Crippen LogP contribution is -2.21. The molecule has 1 heterocycles.